The largest absolute Gasteiger partial charge is 0.493 e. The van der Waals surface area contributed by atoms with E-state index in [2.05, 4.69) is 10.1 Å². The molecule has 0 fully saturated rings. The highest BCUT2D eigenvalue weighted by Crippen LogP contribution is 2.22. The molecule has 0 aliphatic carbocycles. The van der Waals surface area contributed by atoms with Gasteiger partial charge in [-0.25, -0.2) is 9.50 Å². The van der Waals surface area contributed by atoms with Gasteiger partial charge in [-0.05, 0) is 24.3 Å². The molecule has 0 saturated carbocycles. The number of anilines is 1. The van der Waals surface area contributed by atoms with E-state index in [1.54, 1.807) is 11.6 Å². The molecular weight excluding hydrogens is 228 g/mol. The molecule has 0 radical (unpaired) electrons. The maximum absolute atomic E-state index is 5.76. The van der Waals surface area contributed by atoms with Crippen LogP contribution in [-0.2, 0) is 0 Å². The summed E-state index contributed by atoms with van der Waals surface area (Å²) in [5.74, 6) is 1.33. The van der Waals surface area contributed by atoms with Crippen molar-refractivity contribution in [2.45, 2.75) is 0 Å². The normalized spacial score (nSPS) is 10.7. The predicted molar refractivity (Wildman–Crippen MR) is 69.4 cm³/mol. The number of hydrogen-bond acceptors (Lipinski definition) is 4. The summed E-state index contributed by atoms with van der Waals surface area (Å²) in [6, 6.07) is 11.2. The topological polar surface area (TPSA) is 65.4 Å². The van der Waals surface area contributed by atoms with Gasteiger partial charge in [-0.15, -0.1) is 5.10 Å². The molecule has 0 aliphatic heterocycles. The zero-order chi connectivity index (χ0) is 12.5. The molecule has 3 aromatic rings. The molecule has 5 nitrogen and oxygen atoms in total. The first kappa shape index (κ1) is 10.6. The summed E-state index contributed by atoms with van der Waals surface area (Å²) in [5, 5.41) is 4.40. The highest BCUT2D eigenvalue weighted by atomic mass is 16.5. The fraction of sp³-hybridized carbons (Fsp3) is 0.0769. The Hall–Kier alpha value is -2.56. The van der Waals surface area contributed by atoms with Crippen LogP contribution in [0.1, 0.15) is 0 Å². The van der Waals surface area contributed by atoms with Crippen LogP contribution in [0, 0.1) is 0 Å². The maximum Gasteiger partial charge on any atom is 0.198 e. The van der Waals surface area contributed by atoms with Crippen molar-refractivity contribution in [1.82, 2.24) is 14.6 Å². The van der Waals surface area contributed by atoms with Gasteiger partial charge in [-0.2, -0.15) is 0 Å². The van der Waals surface area contributed by atoms with E-state index in [0.717, 1.165) is 5.56 Å². The van der Waals surface area contributed by atoms with Gasteiger partial charge in [0.25, 0.3) is 0 Å². The first-order chi connectivity index (χ1) is 8.78. The van der Waals surface area contributed by atoms with Gasteiger partial charge in [-0.3, -0.25) is 0 Å². The van der Waals surface area contributed by atoms with Crippen molar-refractivity contribution in [2.75, 3.05) is 12.8 Å². The number of hydrogen-bond donors (Lipinski definition) is 1. The molecule has 90 valence electrons. The number of nitrogens with zero attached hydrogens (tertiary/aromatic N) is 3. The van der Waals surface area contributed by atoms with Crippen molar-refractivity contribution < 1.29 is 4.74 Å². The maximum atomic E-state index is 5.76. The molecular formula is C13H12N4O. The molecule has 0 spiro atoms. The molecule has 2 N–H and O–H groups in total. The monoisotopic (exact) mass is 240 g/mol. The molecule has 0 saturated heterocycles. The Labute approximate surface area is 104 Å². The fourth-order valence-electron chi connectivity index (χ4n) is 1.84. The first-order valence-corrected chi connectivity index (χ1v) is 5.53. The molecule has 3 rings (SSSR count). The highest BCUT2D eigenvalue weighted by Gasteiger charge is 2.09. The van der Waals surface area contributed by atoms with Crippen molar-refractivity contribution in [1.29, 1.82) is 0 Å². The van der Waals surface area contributed by atoms with Crippen LogP contribution in [0.2, 0.25) is 0 Å². The van der Waals surface area contributed by atoms with Crippen LogP contribution in [0.25, 0.3) is 17.0 Å². The minimum Gasteiger partial charge on any atom is -0.493 e. The van der Waals surface area contributed by atoms with Gasteiger partial charge in [0.05, 0.1) is 7.11 Å². The number of nitrogens with two attached hydrogens (primary N) is 1. The van der Waals surface area contributed by atoms with E-state index in [4.69, 9.17) is 10.5 Å². The van der Waals surface area contributed by atoms with Crippen LogP contribution in [-0.4, -0.2) is 21.7 Å². The number of fused-ring (bicyclic) bond motifs is 1. The van der Waals surface area contributed by atoms with Gasteiger partial charge >= 0.3 is 0 Å². The van der Waals surface area contributed by atoms with Crippen molar-refractivity contribution in [3.05, 3.63) is 42.6 Å². The summed E-state index contributed by atoms with van der Waals surface area (Å²) in [7, 11) is 1.62. The van der Waals surface area contributed by atoms with E-state index in [1.807, 2.05) is 42.6 Å². The molecule has 2 heterocycles. The average molecular weight is 240 g/mol. The van der Waals surface area contributed by atoms with Gasteiger partial charge in [0.1, 0.15) is 0 Å². The van der Waals surface area contributed by atoms with Gasteiger partial charge in [0.2, 0.25) is 0 Å². The third-order valence-corrected chi connectivity index (χ3v) is 2.69. The van der Waals surface area contributed by atoms with Crippen LogP contribution in [0.5, 0.6) is 5.75 Å². The van der Waals surface area contributed by atoms with E-state index in [1.165, 1.54) is 0 Å². The van der Waals surface area contributed by atoms with Crippen LogP contribution in [0.3, 0.4) is 0 Å². The molecule has 0 amide bonds. The van der Waals surface area contributed by atoms with Crippen LogP contribution < -0.4 is 10.5 Å². The minimum absolute atomic E-state index is 0.631. The van der Waals surface area contributed by atoms with Crippen LogP contribution >= 0.6 is 0 Å². The summed E-state index contributed by atoms with van der Waals surface area (Å²) in [6.07, 6.45) is 1.83. The number of pyridine rings is 1. The number of aromatic nitrogens is 3. The zero-order valence-corrected chi connectivity index (χ0v) is 9.87. The van der Waals surface area contributed by atoms with E-state index < -0.39 is 0 Å². The van der Waals surface area contributed by atoms with E-state index in [0.29, 0.717) is 22.9 Å². The lowest BCUT2D eigenvalue weighted by Gasteiger charge is -1.98. The number of methoxy groups -OCH3 is 1. The second-order valence-electron chi connectivity index (χ2n) is 3.91. The Morgan fingerprint density at radius 2 is 2.11 bits per heavy atom. The Morgan fingerprint density at radius 1 is 1.22 bits per heavy atom. The second-order valence-corrected chi connectivity index (χ2v) is 3.91. The Balaban J connectivity index is 2.19. The Kier molecular flexibility index (Phi) is 2.37. The summed E-state index contributed by atoms with van der Waals surface area (Å²) < 4.78 is 6.94. The Bertz CT molecular complexity index is 705. The number of ether oxygens (including phenoxy) is 1. The summed E-state index contributed by atoms with van der Waals surface area (Å²) >= 11 is 0. The second kappa shape index (κ2) is 4.03. The molecule has 18 heavy (non-hydrogen) atoms. The number of benzene rings is 1. The fourth-order valence-corrected chi connectivity index (χ4v) is 1.84. The van der Waals surface area contributed by atoms with Gasteiger partial charge in [0.15, 0.2) is 17.2 Å². The standard InChI is InChI=1S/C13H12N4O/c1-18-11-6-3-7-17-13(11)15-12(16-17)9-4-2-5-10(14)8-9/h2-8H,14H2,1H3. The van der Waals surface area contributed by atoms with Gasteiger partial charge in [0, 0.05) is 17.4 Å². The molecule has 2 aromatic heterocycles. The first-order valence-electron chi connectivity index (χ1n) is 5.53. The summed E-state index contributed by atoms with van der Waals surface area (Å²) in [4.78, 5) is 4.47. The summed E-state index contributed by atoms with van der Waals surface area (Å²) in [6.45, 7) is 0. The lowest BCUT2D eigenvalue weighted by atomic mass is 10.2. The minimum atomic E-state index is 0.631. The molecule has 0 atom stereocenters. The summed E-state index contributed by atoms with van der Waals surface area (Å²) in [5.41, 5.74) is 8.03. The zero-order valence-electron chi connectivity index (χ0n) is 9.87. The van der Waals surface area contributed by atoms with Crippen molar-refractivity contribution in [2.24, 2.45) is 0 Å². The molecule has 0 aliphatic rings. The average Bonchev–Trinajstić information content (AvgIpc) is 2.82. The van der Waals surface area contributed by atoms with Crippen molar-refractivity contribution >= 4 is 11.3 Å². The van der Waals surface area contributed by atoms with E-state index in [9.17, 15) is 0 Å². The predicted octanol–water partition coefficient (Wildman–Crippen LogP) is 1.99. The van der Waals surface area contributed by atoms with Gasteiger partial charge < -0.3 is 10.5 Å². The van der Waals surface area contributed by atoms with Crippen molar-refractivity contribution in [3.8, 4) is 17.1 Å². The number of rotatable bonds is 2. The van der Waals surface area contributed by atoms with Crippen LogP contribution in [0.4, 0.5) is 5.69 Å². The van der Waals surface area contributed by atoms with E-state index >= 15 is 0 Å². The molecule has 1 aromatic carbocycles. The molecule has 0 unspecified atom stereocenters. The van der Waals surface area contributed by atoms with Crippen molar-refractivity contribution in [3.63, 3.8) is 0 Å². The quantitative estimate of drug-likeness (QED) is 0.696. The molecule has 5 heteroatoms. The third-order valence-electron chi connectivity index (χ3n) is 2.69. The smallest absolute Gasteiger partial charge is 0.198 e. The third kappa shape index (κ3) is 1.66. The SMILES string of the molecule is COc1cccn2nc(-c3cccc(N)c3)nc12. The van der Waals surface area contributed by atoms with Crippen LogP contribution in [0.15, 0.2) is 42.6 Å². The van der Waals surface area contributed by atoms with Gasteiger partial charge in [-0.1, -0.05) is 12.1 Å². The highest BCUT2D eigenvalue weighted by molar-refractivity contribution is 5.65. The molecule has 0 bridgehead atoms. The lowest BCUT2D eigenvalue weighted by Crippen LogP contribution is -1.90. The number of nitrogen functional groups attached to an aromatic ring is 1. The van der Waals surface area contributed by atoms with E-state index in [-0.39, 0.29) is 0 Å². The Morgan fingerprint density at radius 3 is 2.89 bits per heavy atom. The lowest BCUT2D eigenvalue weighted by molar-refractivity contribution is 0.416.